The minimum atomic E-state index is -4.96. The highest BCUT2D eigenvalue weighted by molar-refractivity contribution is 7.47. The van der Waals surface area contributed by atoms with Crippen molar-refractivity contribution >= 4 is 39.5 Å². The van der Waals surface area contributed by atoms with Crippen molar-refractivity contribution in [3.8, 4) is 0 Å². The van der Waals surface area contributed by atoms with Gasteiger partial charge >= 0.3 is 39.5 Å². The van der Waals surface area contributed by atoms with Crippen LogP contribution in [0.3, 0.4) is 0 Å². The Morgan fingerprint density at radius 2 is 0.388 bits per heavy atom. The summed E-state index contributed by atoms with van der Waals surface area (Å²) in [5, 5.41) is 10.6. The molecule has 0 aliphatic rings. The zero-order valence-corrected chi connectivity index (χ0v) is 69.1. The van der Waals surface area contributed by atoms with Crippen molar-refractivity contribution < 1.29 is 80.2 Å². The third-order valence-corrected chi connectivity index (χ3v) is 21.8. The summed E-state index contributed by atoms with van der Waals surface area (Å²) in [6, 6.07) is 0. The van der Waals surface area contributed by atoms with Crippen LogP contribution in [-0.2, 0) is 65.4 Å². The number of aliphatic hydroxyl groups excluding tert-OH is 1. The lowest BCUT2D eigenvalue weighted by Gasteiger charge is -2.21. The van der Waals surface area contributed by atoms with Gasteiger partial charge in [-0.1, -0.05) is 407 Å². The standard InChI is InChI=1S/C84H164O17P2/c1-5-9-13-17-21-25-28-31-33-35-37-39-41-43-45-48-51-55-59-63-67-71-84(89)101-80(75-95-82(87)69-65-61-57-53-49-47-44-42-40-38-36-34-32-29-26-22-18-14-10-6-2)77-99-103(92,93)97-73-78(85)72-96-102(90,91)98-76-79(74-94-81(86)68-64-60-56-52-24-20-16-12-8-4)100-83(88)70-66-62-58-54-50-46-30-27-23-19-15-11-7-3/h78-80,85H,5-77H2,1-4H3,(H,90,91)(H,92,93)/t78-,79+,80+/m0/s1. The molecule has 3 N–H and O–H groups in total. The lowest BCUT2D eigenvalue weighted by Crippen LogP contribution is -2.30. The highest BCUT2D eigenvalue weighted by Crippen LogP contribution is 2.45. The summed E-state index contributed by atoms with van der Waals surface area (Å²) in [6.45, 7) is 5.02. The summed E-state index contributed by atoms with van der Waals surface area (Å²) >= 11 is 0. The Kier molecular flexibility index (Phi) is 76.7. The zero-order valence-electron chi connectivity index (χ0n) is 67.3. The molecule has 612 valence electrons. The second-order valence-corrected chi connectivity index (χ2v) is 33.1. The smallest absolute Gasteiger partial charge is 0.462 e. The van der Waals surface area contributed by atoms with E-state index in [0.29, 0.717) is 25.7 Å². The van der Waals surface area contributed by atoms with Crippen LogP contribution in [0.5, 0.6) is 0 Å². The Morgan fingerprint density at radius 3 is 0.573 bits per heavy atom. The number of esters is 4. The molecule has 0 saturated heterocycles. The Balaban J connectivity index is 5.19. The first-order valence-electron chi connectivity index (χ1n) is 43.8. The maximum atomic E-state index is 13.1. The second kappa shape index (κ2) is 78.2. The van der Waals surface area contributed by atoms with E-state index in [1.807, 2.05) is 0 Å². The number of ether oxygens (including phenoxy) is 4. The predicted octanol–water partition coefficient (Wildman–Crippen LogP) is 25.7. The average Bonchev–Trinajstić information content (AvgIpc) is 0.926. The average molecular weight is 1510 g/mol. The van der Waals surface area contributed by atoms with Crippen LogP contribution in [-0.4, -0.2) is 96.7 Å². The van der Waals surface area contributed by atoms with Crippen molar-refractivity contribution in [2.75, 3.05) is 39.6 Å². The van der Waals surface area contributed by atoms with Gasteiger partial charge in [-0.05, 0) is 25.7 Å². The number of aliphatic hydroxyl groups is 1. The maximum absolute atomic E-state index is 13.1. The fourth-order valence-electron chi connectivity index (χ4n) is 13.2. The van der Waals surface area contributed by atoms with Crippen molar-refractivity contribution in [3.05, 3.63) is 0 Å². The van der Waals surface area contributed by atoms with Crippen LogP contribution in [0.15, 0.2) is 0 Å². The van der Waals surface area contributed by atoms with Gasteiger partial charge in [0.05, 0.1) is 26.4 Å². The summed E-state index contributed by atoms with van der Waals surface area (Å²) in [5.41, 5.74) is 0. The predicted molar refractivity (Wildman–Crippen MR) is 423 cm³/mol. The molecule has 0 aromatic carbocycles. The number of hydrogen-bond acceptors (Lipinski definition) is 15. The van der Waals surface area contributed by atoms with Crippen molar-refractivity contribution in [3.63, 3.8) is 0 Å². The monoisotopic (exact) mass is 1510 g/mol. The van der Waals surface area contributed by atoms with Gasteiger partial charge in [-0.25, -0.2) is 9.13 Å². The number of rotatable bonds is 85. The first-order chi connectivity index (χ1) is 50.2. The Labute approximate surface area is 632 Å². The topological polar surface area (TPSA) is 237 Å². The number of carbonyl (C=O) groups is 4. The molecule has 0 amide bonds. The van der Waals surface area contributed by atoms with Crippen molar-refractivity contribution in [2.45, 2.75) is 476 Å². The van der Waals surface area contributed by atoms with E-state index in [1.54, 1.807) is 0 Å². The summed E-state index contributed by atoms with van der Waals surface area (Å²) in [5.74, 6) is -2.10. The van der Waals surface area contributed by atoms with Crippen LogP contribution in [0, 0.1) is 0 Å². The van der Waals surface area contributed by atoms with Crippen molar-refractivity contribution in [2.24, 2.45) is 0 Å². The third kappa shape index (κ3) is 78.0. The molecule has 0 fully saturated rings. The first-order valence-corrected chi connectivity index (χ1v) is 46.8. The zero-order chi connectivity index (χ0) is 75.3. The lowest BCUT2D eigenvalue weighted by molar-refractivity contribution is -0.161. The van der Waals surface area contributed by atoms with Crippen LogP contribution in [0.4, 0.5) is 0 Å². The molecule has 0 radical (unpaired) electrons. The molecule has 17 nitrogen and oxygen atoms in total. The van der Waals surface area contributed by atoms with E-state index in [0.717, 1.165) is 89.9 Å². The van der Waals surface area contributed by atoms with Gasteiger partial charge in [0.2, 0.25) is 0 Å². The SMILES string of the molecule is CCCCCCCCCCCCCCCCCCCCCCCC(=O)O[C@H](COC(=O)CCCCCCCCCCCCCCCCCCCCCC)COP(=O)(O)OC[C@@H](O)COP(=O)(O)OC[C@@H](COC(=O)CCCCCCCCCCC)OC(=O)CCCCCCCCCCCCCCC. The van der Waals surface area contributed by atoms with Crippen LogP contribution in [0.25, 0.3) is 0 Å². The normalized spacial score (nSPS) is 13.7. The summed E-state index contributed by atoms with van der Waals surface area (Å²) in [4.78, 5) is 73.0. The Morgan fingerprint density at radius 1 is 0.233 bits per heavy atom. The number of phosphoric acid groups is 2. The maximum Gasteiger partial charge on any atom is 0.472 e. The third-order valence-electron chi connectivity index (χ3n) is 19.9. The molecular formula is C84H164O17P2. The summed E-state index contributed by atoms with van der Waals surface area (Å²) in [7, 11) is -9.92. The molecule has 0 heterocycles. The van der Waals surface area contributed by atoms with Gasteiger partial charge in [0.25, 0.3) is 0 Å². The van der Waals surface area contributed by atoms with Crippen LogP contribution < -0.4 is 0 Å². The van der Waals surface area contributed by atoms with E-state index in [1.165, 1.54) is 289 Å². The molecule has 0 bridgehead atoms. The number of unbranched alkanes of at least 4 members (excludes halogenated alkanes) is 59. The van der Waals surface area contributed by atoms with Gasteiger partial charge in [-0.2, -0.15) is 0 Å². The number of carbonyl (C=O) groups excluding carboxylic acids is 4. The molecule has 0 spiro atoms. The molecule has 0 aromatic heterocycles. The van der Waals surface area contributed by atoms with Gasteiger partial charge in [0, 0.05) is 25.7 Å². The minimum Gasteiger partial charge on any atom is -0.462 e. The van der Waals surface area contributed by atoms with Gasteiger partial charge in [0.15, 0.2) is 12.2 Å². The molecular weight excluding hydrogens is 1340 g/mol. The molecule has 0 saturated carbocycles. The largest absolute Gasteiger partial charge is 0.472 e. The molecule has 103 heavy (non-hydrogen) atoms. The minimum absolute atomic E-state index is 0.108. The Hall–Kier alpha value is -1.94. The first kappa shape index (κ1) is 101. The molecule has 2 unspecified atom stereocenters. The van der Waals surface area contributed by atoms with E-state index in [-0.39, 0.29) is 25.7 Å². The van der Waals surface area contributed by atoms with Gasteiger partial charge in [-0.3, -0.25) is 37.3 Å². The van der Waals surface area contributed by atoms with E-state index in [9.17, 15) is 43.2 Å². The van der Waals surface area contributed by atoms with Crippen molar-refractivity contribution in [1.29, 1.82) is 0 Å². The second-order valence-electron chi connectivity index (χ2n) is 30.2. The van der Waals surface area contributed by atoms with E-state index >= 15 is 0 Å². The van der Waals surface area contributed by atoms with E-state index in [2.05, 4.69) is 27.7 Å². The lowest BCUT2D eigenvalue weighted by atomic mass is 10.0. The quantitative estimate of drug-likeness (QED) is 0.0222. The summed E-state index contributed by atoms with van der Waals surface area (Å²) < 4.78 is 68.8. The van der Waals surface area contributed by atoms with Gasteiger partial charge < -0.3 is 33.8 Å². The van der Waals surface area contributed by atoms with E-state index < -0.39 is 97.5 Å². The number of hydrogen-bond donors (Lipinski definition) is 3. The highest BCUT2D eigenvalue weighted by Gasteiger charge is 2.30. The highest BCUT2D eigenvalue weighted by atomic mass is 31.2. The van der Waals surface area contributed by atoms with Crippen LogP contribution in [0.2, 0.25) is 0 Å². The molecule has 5 atom stereocenters. The molecule has 0 aromatic rings. The van der Waals surface area contributed by atoms with E-state index in [4.69, 9.17) is 37.0 Å². The molecule has 19 heteroatoms. The molecule has 0 rings (SSSR count). The molecule has 0 aliphatic heterocycles. The van der Waals surface area contributed by atoms with Crippen LogP contribution >= 0.6 is 15.6 Å². The number of phosphoric ester groups is 2. The van der Waals surface area contributed by atoms with Gasteiger partial charge in [-0.15, -0.1) is 0 Å². The van der Waals surface area contributed by atoms with Crippen molar-refractivity contribution in [1.82, 2.24) is 0 Å². The molecule has 0 aliphatic carbocycles. The van der Waals surface area contributed by atoms with Gasteiger partial charge in [0.1, 0.15) is 19.3 Å². The van der Waals surface area contributed by atoms with Crippen LogP contribution in [0.1, 0.15) is 458 Å². The fourth-order valence-corrected chi connectivity index (χ4v) is 14.7. The Bertz CT molecular complexity index is 1950. The summed E-state index contributed by atoms with van der Waals surface area (Å²) in [6.07, 6.45) is 72.3. The fraction of sp³-hybridized carbons (Fsp3) is 0.952.